The molecule has 0 radical (unpaired) electrons. The fourth-order valence-electron chi connectivity index (χ4n) is 1.80. The van der Waals surface area contributed by atoms with Crippen LogP contribution >= 0.6 is 0 Å². The summed E-state index contributed by atoms with van der Waals surface area (Å²) < 4.78 is 4.65. The predicted molar refractivity (Wildman–Crippen MR) is 55.0 cm³/mol. The molecule has 1 unspecified atom stereocenters. The molecule has 1 aliphatic rings. The molecule has 2 N–H and O–H groups in total. The summed E-state index contributed by atoms with van der Waals surface area (Å²) in [6, 6.07) is -0.935. The summed E-state index contributed by atoms with van der Waals surface area (Å²) in [6.07, 6.45) is 2.10. The molecule has 2 atom stereocenters. The molecular weight excluding hydrogens is 196 g/mol. The largest absolute Gasteiger partial charge is 0.467 e. The van der Waals surface area contributed by atoms with E-state index in [2.05, 4.69) is 4.74 Å². The minimum absolute atomic E-state index is 0.148. The van der Waals surface area contributed by atoms with Crippen LogP contribution in [-0.2, 0) is 14.3 Å². The van der Waals surface area contributed by atoms with Gasteiger partial charge in [-0.05, 0) is 19.3 Å². The first-order valence-corrected chi connectivity index (χ1v) is 5.25. The number of carbonyl (C=O) groups excluding carboxylic acids is 2. The van der Waals surface area contributed by atoms with E-state index in [0.717, 1.165) is 6.42 Å². The van der Waals surface area contributed by atoms with E-state index in [4.69, 9.17) is 5.73 Å². The lowest BCUT2D eigenvalue weighted by molar-refractivity contribution is -0.151. The average Bonchev–Trinajstić information content (AvgIpc) is 2.74. The van der Waals surface area contributed by atoms with Gasteiger partial charge >= 0.3 is 5.97 Å². The monoisotopic (exact) mass is 214 g/mol. The molecule has 1 amide bonds. The van der Waals surface area contributed by atoms with Crippen molar-refractivity contribution in [3.8, 4) is 0 Å². The Labute approximate surface area is 89.6 Å². The lowest BCUT2D eigenvalue weighted by Crippen LogP contribution is -2.48. The number of likely N-dealkylation sites (tertiary alicyclic amines) is 1. The number of methoxy groups -OCH3 is 1. The molecule has 15 heavy (non-hydrogen) atoms. The van der Waals surface area contributed by atoms with Crippen LogP contribution in [0.1, 0.15) is 26.2 Å². The van der Waals surface area contributed by atoms with Gasteiger partial charge in [0.1, 0.15) is 6.04 Å². The predicted octanol–water partition coefficient (Wildman–Crippen LogP) is -0.112. The molecule has 5 nitrogen and oxygen atoms in total. The maximum Gasteiger partial charge on any atom is 0.328 e. The first kappa shape index (κ1) is 12.0. The topological polar surface area (TPSA) is 72.6 Å². The van der Waals surface area contributed by atoms with E-state index in [-0.39, 0.29) is 11.9 Å². The fraction of sp³-hybridized carbons (Fsp3) is 0.800. The fourth-order valence-corrected chi connectivity index (χ4v) is 1.80. The van der Waals surface area contributed by atoms with Crippen molar-refractivity contribution in [2.24, 2.45) is 5.73 Å². The summed E-state index contributed by atoms with van der Waals surface area (Å²) >= 11 is 0. The minimum Gasteiger partial charge on any atom is -0.467 e. The van der Waals surface area contributed by atoms with Crippen molar-refractivity contribution in [3.05, 3.63) is 0 Å². The van der Waals surface area contributed by atoms with Gasteiger partial charge in [0.2, 0.25) is 5.91 Å². The van der Waals surface area contributed by atoms with Crippen molar-refractivity contribution < 1.29 is 14.3 Å². The summed E-state index contributed by atoms with van der Waals surface area (Å²) in [5, 5.41) is 0. The molecule has 1 rings (SSSR count). The molecule has 1 saturated heterocycles. The highest BCUT2D eigenvalue weighted by Crippen LogP contribution is 2.19. The first-order valence-electron chi connectivity index (χ1n) is 5.25. The molecule has 0 aromatic rings. The number of ether oxygens (including phenoxy) is 1. The Bertz CT molecular complexity index is 255. The molecule has 0 spiro atoms. The number of nitrogens with zero attached hydrogens (tertiary/aromatic N) is 1. The van der Waals surface area contributed by atoms with Crippen molar-refractivity contribution >= 4 is 11.9 Å². The highest BCUT2D eigenvalue weighted by atomic mass is 16.5. The van der Waals surface area contributed by atoms with Gasteiger partial charge in [0.15, 0.2) is 0 Å². The second kappa shape index (κ2) is 5.11. The van der Waals surface area contributed by atoms with E-state index in [1.807, 2.05) is 6.92 Å². The molecule has 1 fully saturated rings. The van der Waals surface area contributed by atoms with Gasteiger partial charge in [-0.1, -0.05) is 6.92 Å². The van der Waals surface area contributed by atoms with Crippen LogP contribution in [0.25, 0.3) is 0 Å². The molecule has 5 heteroatoms. The Morgan fingerprint density at radius 1 is 1.60 bits per heavy atom. The number of rotatable bonds is 3. The molecule has 0 aliphatic carbocycles. The van der Waals surface area contributed by atoms with Crippen molar-refractivity contribution in [1.82, 2.24) is 4.90 Å². The van der Waals surface area contributed by atoms with E-state index >= 15 is 0 Å². The van der Waals surface area contributed by atoms with Gasteiger partial charge in [0.05, 0.1) is 13.2 Å². The molecule has 86 valence electrons. The summed E-state index contributed by atoms with van der Waals surface area (Å²) in [4.78, 5) is 24.7. The second-order valence-corrected chi connectivity index (χ2v) is 3.73. The van der Waals surface area contributed by atoms with Crippen LogP contribution in [0.3, 0.4) is 0 Å². The molecule has 0 aromatic heterocycles. The zero-order valence-electron chi connectivity index (χ0n) is 9.23. The molecular formula is C10H18N2O3. The Morgan fingerprint density at radius 2 is 2.27 bits per heavy atom. The summed E-state index contributed by atoms with van der Waals surface area (Å²) in [5.41, 5.74) is 5.66. The van der Waals surface area contributed by atoms with Crippen LogP contribution in [0.4, 0.5) is 0 Å². The maximum atomic E-state index is 11.8. The molecule has 0 saturated carbocycles. The van der Waals surface area contributed by atoms with E-state index in [9.17, 15) is 9.59 Å². The van der Waals surface area contributed by atoms with Crippen molar-refractivity contribution in [2.45, 2.75) is 38.3 Å². The number of hydrogen-bond acceptors (Lipinski definition) is 4. The zero-order valence-corrected chi connectivity index (χ0v) is 9.23. The van der Waals surface area contributed by atoms with Crippen LogP contribution in [0.5, 0.6) is 0 Å². The van der Waals surface area contributed by atoms with Gasteiger partial charge < -0.3 is 15.4 Å². The van der Waals surface area contributed by atoms with E-state index in [0.29, 0.717) is 19.4 Å². The molecule has 1 aliphatic heterocycles. The van der Waals surface area contributed by atoms with Crippen LogP contribution in [0, 0.1) is 0 Å². The normalized spacial score (nSPS) is 22.6. The van der Waals surface area contributed by atoms with Crippen molar-refractivity contribution in [2.75, 3.05) is 13.7 Å². The van der Waals surface area contributed by atoms with Crippen molar-refractivity contribution in [1.29, 1.82) is 0 Å². The third kappa shape index (κ3) is 2.47. The van der Waals surface area contributed by atoms with Gasteiger partial charge in [-0.15, -0.1) is 0 Å². The third-order valence-electron chi connectivity index (χ3n) is 2.77. The van der Waals surface area contributed by atoms with Crippen LogP contribution in [-0.4, -0.2) is 42.5 Å². The lowest BCUT2D eigenvalue weighted by Gasteiger charge is -2.25. The number of nitrogens with two attached hydrogens (primary N) is 1. The van der Waals surface area contributed by atoms with Crippen LogP contribution < -0.4 is 5.73 Å². The van der Waals surface area contributed by atoms with E-state index in [1.54, 1.807) is 4.90 Å². The summed E-state index contributed by atoms with van der Waals surface area (Å²) in [6.45, 7) is 2.46. The van der Waals surface area contributed by atoms with Crippen LogP contribution in [0.15, 0.2) is 0 Å². The lowest BCUT2D eigenvalue weighted by atomic mass is 10.2. The Hall–Kier alpha value is -1.10. The first-order chi connectivity index (χ1) is 7.11. The average molecular weight is 214 g/mol. The summed E-state index contributed by atoms with van der Waals surface area (Å²) in [7, 11) is 1.34. The highest BCUT2D eigenvalue weighted by molar-refractivity contribution is 5.87. The van der Waals surface area contributed by atoms with E-state index in [1.165, 1.54) is 7.11 Å². The SMILES string of the molecule is CC[C@H](N)C(=O)N1CCCC1C(=O)OC. The smallest absolute Gasteiger partial charge is 0.328 e. The minimum atomic E-state index is -0.504. The highest BCUT2D eigenvalue weighted by Gasteiger charge is 2.36. The molecule has 1 heterocycles. The van der Waals surface area contributed by atoms with Gasteiger partial charge in [-0.2, -0.15) is 0 Å². The Balaban J connectivity index is 2.68. The molecule has 0 bridgehead atoms. The number of amides is 1. The van der Waals surface area contributed by atoms with Gasteiger partial charge in [-0.25, -0.2) is 4.79 Å². The van der Waals surface area contributed by atoms with Gasteiger partial charge in [0.25, 0.3) is 0 Å². The number of carbonyl (C=O) groups is 2. The Morgan fingerprint density at radius 3 is 2.80 bits per heavy atom. The second-order valence-electron chi connectivity index (χ2n) is 3.73. The zero-order chi connectivity index (χ0) is 11.4. The Kier molecular flexibility index (Phi) is 4.08. The maximum absolute atomic E-state index is 11.8. The summed E-state index contributed by atoms with van der Waals surface area (Å²) in [5.74, 6) is -0.491. The van der Waals surface area contributed by atoms with Crippen molar-refractivity contribution in [3.63, 3.8) is 0 Å². The van der Waals surface area contributed by atoms with E-state index < -0.39 is 12.1 Å². The van der Waals surface area contributed by atoms with Gasteiger partial charge in [0, 0.05) is 6.54 Å². The number of esters is 1. The standard InChI is InChI=1S/C10H18N2O3/c1-3-7(11)9(13)12-6-4-5-8(12)10(14)15-2/h7-8H,3-6,11H2,1-2H3/t7-,8?/m0/s1. The van der Waals surface area contributed by atoms with Crippen LogP contribution in [0.2, 0.25) is 0 Å². The van der Waals surface area contributed by atoms with Gasteiger partial charge in [-0.3, -0.25) is 4.79 Å². The number of hydrogen-bond donors (Lipinski definition) is 1. The third-order valence-corrected chi connectivity index (χ3v) is 2.77. The quantitative estimate of drug-likeness (QED) is 0.665. The molecule has 0 aromatic carbocycles.